The Balaban J connectivity index is 1.91. The van der Waals surface area contributed by atoms with Crippen molar-refractivity contribution in [3.63, 3.8) is 0 Å². The van der Waals surface area contributed by atoms with Gasteiger partial charge < -0.3 is 20.6 Å². The number of nitrogens with one attached hydrogen (secondary N) is 2. The lowest BCUT2D eigenvalue weighted by atomic mass is 10.2. The van der Waals surface area contributed by atoms with Gasteiger partial charge >= 0.3 is 0 Å². The second kappa shape index (κ2) is 4.80. The molecule has 2 aliphatic heterocycles. The highest BCUT2D eigenvalue weighted by Gasteiger charge is 2.31. The van der Waals surface area contributed by atoms with Crippen molar-refractivity contribution in [1.82, 2.24) is 15.5 Å². The summed E-state index contributed by atoms with van der Waals surface area (Å²) in [5.74, 6) is -0.0113. The monoisotopic (exact) mass is 227 g/mol. The first-order valence-electron chi connectivity index (χ1n) is 5.64. The Bertz CT molecular complexity index is 295. The van der Waals surface area contributed by atoms with Crippen LogP contribution in [0.5, 0.6) is 0 Å². The van der Waals surface area contributed by atoms with E-state index in [-0.39, 0.29) is 17.9 Å². The summed E-state index contributed by atoms with van der Waals surface area (Å²) in [7, 11) is 0. The van der Waals surface area contributed by atoms with E-state index < -0.39 is 6.10 Å². The minimum absolute atomic E-state index is 0.00489. The molecule has 90 valence electrons. The molecule has 0 aromatic carbocycles. The average Bonchev–Trinajstić information content (AvgIpc) is 2.57. The Morgan fingerprint density at radius 2 is 2.25 bits per heavy atom. The molecule has 6 nitrogen and oxygen atoms in total. The van der Waals surface area contributed by atoms with Crippen LogP contribution in [0.15, 0.2) is 0 Å². The summed E-state index contributed by atoms with van der Waals surface area (Å²) in [6.07, 6.45) is 0.401. The normalized spacial score (nSPS) is 31.1. The van der Waals surface area contributed by atoms with E-state index in [9.17, 15) is 14.7 Å². The van der Waals surface area contributed by atoms with Crippen LogP contribution in [0.3, 0.4) is 0 Å². The number of amides is 2. The third kappa shape index (κ3) is 2.51. The fourth-order valence-electron chi connectivity index (χ4n) is 2.11. The summed E-state index contributed by atoms with van der Waals surface area (Å²) in [5.41, 5.74) is 0. The second-order valence-corrected chi connectivity index (χ2v) is 4.28. The van der Waals surface area contributed by atoms with Gasteiger partial charge in [-0.25, -0.2) is 0 Å². The fraction of sp³-hybridized carbons (Fsp3) is 0.800. The molecule has 0 radical (unpaired) electrons. The van der Waals surface area contributed by atoms with Gasteiger partial charge in [0, 0.05) is 32.6 Å². The molecular formula is C10H17N3O3. The van der Waals surface area contributed by atoms with Gasteiger partial charge in [-0.1, -0.05) is 0 Å². The first kappa shape index (κ1) is 11.3. The van der Waals surface area contributed by atoms with Crippen molar-refractivity contribution in [2.24, 2.45) is 0 Å². The molecule has 0 spiro atoms. The van der Waals surface area contributed by atoms with E-state index in [1.54, 1.807) is 4.90 Å². The molecule has 2 rings (SSSR count). The number of carbonyl (C=O) groups is 2. The Kier molecular flexibility index (Phi) is 3.40. The van der Waals surface area contributed by atoms with Crippen molar-refractivity contribution in [2.45, 2.75) is 25.0 Å². The van der Waals surface area contributed by atoms with Crippen molar-refractivity contribution in [3.05, 3.63) is 0 Å². The predicted molar refractivity (Wildman–Crippen MR) is 56.6 cm³/mol. The molecule has 2 amide bonds. The van der Waals surface area contributed by atoms with Crippen molar-refractivity contribution < 1.29 is 14.7 Å². The van der Waals surface area contributed by atoms with Gasteiger partial charge in [0.05, 0.1) is 12.1 Å². The first-order chi connectivity index (χ1) is 7.66. The number of hydrogen-bond acceptors (Lipinski definition) is 4. The minimum atomic E-state index is -0.430. The Morgan fingerprint density at radius 1 is 1.44 bits per heavy atom. The summed E-state index contributed by atoms with van der Waals surface area (Å²) in [4.78, 5) is 24.8. The molecule has 16 heavy (non-hydrogen) atoms. The quantitative estimate of drug-likeness (QED) is 0.487. The number of aliphatic hydroxyl groups excluding tert-OH is 1. The number of aliphatic hydroxyl groups is 1. The zero-order valence-corrected chi connectivity index (χ0v) is 9.11. The number of carbonyl (C=O) groups excluding carboxylic acids is 2. The van der Waals surface area contributed by atoms with Gasteiger partial charge in [-0.2, -0.15) is 0 Å². The van der Waals surface area contributed by atoms with Gasteiger partial charge in [-0.3, -0.25) is 9.59 Å². The van der Waals surface area contributed by atoms with E-state index in [4.69, 9.17) is 0 Å². The summed E-state index contributed by atoms with van der Waals surface area (Å²) < 4.78 is 0. The molecule has 2 heterocycles. The van der Waals surface area contributed by atoms with Gasteiger partial charge in [0.2, 0.25) is 11.8 Å². The van der Waals surface area contributed by atoms with Crippen molar-refractivity contribution in [1.29, 1.82) is 0 Å². The molecule has 0 aromatic heterocycles. The lowest BCUT2D eigenvalue weighted by Gasteiger charge is -2.23. The molecule has 0 aliphatic carbocycles. The molecular weight excluding hydrogens is 210 g/mol. The molecule has 0 aromatic rings. The summed E-state index contributed by atoms with van der Waals surface area (Å²) in [5, 5.41) is 15.1. The maximum Gasteiger partial charge on any atom is 0.239 e. The van der Waals surface area contributed by atoms with Crippen LogP contribution in [0.25, 0.3) is 0 Å². The average molecular weight is 227 g/mol. The van der Waals surface area contributed by atoms with Gasteiger partial charge in [-0.15, -0.1) is 0 Å². The smallest absolute Gasteiger partial charge is 0.239 e. The fourth-order valence-corrected chi connectivity index (χ4v) is 2.11. The lowest BCUT2D eigenvalue weighted by molar-refractivity contribution is -0.133. The third-order valence-electron chi connectivity index (χ3n) is 3.03. The van der Waals surface area contributed by atoms with Crippen LogP contribution in [0, 0.1) is 0 Å². The molecule has 0 bridgehead atoms. The Labute approximate surface area is 94.0 Å². The maximum absolute atomic E-state index is 12.0. The molecule has 3 N–H and O–H groups in total. The number of nitrogens with zero attached hydrogens (tertiary/aromatic N) is 1. The zero-order valence-electron chi connectivity index (χ0n) is 9.11. The molecule has 2 unspecified atom stereocenters. The molecule has 0 saturated carbocycles. The van der Waals surface area contributed by atoms with E-state index >= 15 is 0 Å². The summed E-state index contributed by atoms with van der Waals surface area (Å²) in [6.45, 7) is 2.01. The highest BCUT2D eigenvalue weighted by Crippen LogP contribution is 2.10. The highest BCUT2D eigenvalue weighted by atomic mass is 16.3. The lowest BCUT2D eigenvalue weighted by Crippen LogP contribution is -2.44. The van der Waals surface area contributed by atoms with Crippen molar-refractivity contribution in [2.75, 3.05) is 26.2 Å². The first-order valence-corrected chi connectivity index (χ1v) is 5.64. The highest BCUT2D eigenvalue weighted by molar-refractivity contribution is 5.84. The SMILES string of the molecule is O=C1CCN(C(=O)C2CC(O)CN2)CCN1. The van der Waals surface area contributed by atoms with Crippen molar-refractivity contribution >= 4 is 11.8 Å². The maximum atomic E-state index is 12.0. The van der Waals surface area contributed by atoms with E-state index in [2.05, 4.69) is 10.6 Å². The van der Waals surface area contributed by atoms with Crippen LogP contribution in [-0.2, 0) is 9.59 Å². The largest absolute Gasteiger partial charge is 0.392 e. The van der Waals surface area contributed by atoms with Gasteiger partial charge in [-0.05, 0) is 6.42 Å². The van der Waals surface area contributed by atoms with Crippen LogP contribution in [-0.4, -0.2) is 60.1 Å². The zero-order chi connectivity index (χ0) is 11.5. The summed E-state index contributed by atoms with van der Waals surface area (Å²) >= 11 is 0. The molecule has 2 atom stereocenters. The topological polar surface area (TPSA) is 81.7 Å². The molecule has 6 heteroatoms. The van der Waals surface area contributed by atoms with Crippen LogP contribution < -0.4 is 10.6 Å². The van der Waals surface area contributed by atoms with E-state index in [1.165, 1.54) is 0 Å². The van der Waals surface area contributed by atoms with Crippen LogP contribution >= 0.6 is 0 Å². The number of hydrogen-bond donors (Lipinski definition) is 3. The van der Waals surface area contributed by atoms with E-state index in [0.717, 1.165) is 0 Å². The van der Waals surface area contributed by atoms with E-state index in [0.29, 0.717) is 39.0 Å². The Hall–Kier alpha value is -1.14. The minimum Gasteiger partial charge on any atom is -0.392 e. The van der Waals surface area contributed by atoms with E-state index in [1.807, 2.05) is 0 Å². The van der Waals surface area contributed by atoms with Crippen LogP contribution in [0.4, 0.5) is 0 Å². The van der Waals surface area contributed by atoms with Gasteiger partial charge in [0.25, 0.3) is 0 Å². The number of rotatable bonds is 1. The molecule has 2 fully saturated rings. The van der Waals surface area contributed by atoms with Gasteiger partial charge in [0.15, 0.2) is 0 Å². The third-order valence-corrected chi connectivity index (χ3v) is 3.03. The summed E-state index contributed by atoms with van der Waals surface area (Å²) in [6, 6.07) is -0.289. The van der Waals surface area contributed by atoms with Crippen LogP contribution in [0.1, 0.15) is 12.8 Å². The molecule has 2 saturated heterocycles. The van der Waals surface area contributed by atoms with Crippen molar-refractivity contribution in [3.8, 4) is 0 Å². The van der Waals surface area contributed by atoms with Crippen LogP contribution in [0.2, 0.25) is 0 Å². The molecule has 2 aliphatic rings. The predicted octanol–water partition coefficient (Wildman–Crippen LogP) is -1.94. The number of β-amino-alcohol motifs (C(OH)–C–C–N with tert-alkyl or cyclic N) is 1. The van der Waals surface area contributed by atoms with Gasteiger partial charge in [0.1, 0.15) is 0 Å². The second-order valence-electron chi connectivity index (χ2n) is 4.28. The standard InChI is InChI=1S/C10H17N3O3/c14-7-5-8(12-6-7)10(16)13-3-1-9(15)11-2-4-13/h7-8,12,14H,1-6H2,(H,11,15). The Morgan fingerprint density at radius 3 is 2.94 bits per heavy atom.